The van der Waals surface area contributed by atoms with Gasteiger partial charge in [-0.15, -0.1) is 0 Å². The number of rotatable bonds is 4. The molecule has 2 aliphatic rings. The molecule has 4 nitrogen and oxygen atoms in total. The Morgan fingerprint density at radius 3 is 2.82 bits per heavy atom. The van der Waals surface area contributed by atoms with E-state index in [1.807, 2.05) is 4.68 Å². The molecule has 4 heteroatoms. The maximum Gasteiger partial charge on any atom is 0.161 e. The lowest BCUT2D eigenvalue weighted by Crippen LogP contribution is -2.20. The van der Waals surface area contributed by atoms with Gasteiger partial charge in [0.1, 0.15) is 0 Å². The van der Waals surface area contributed by atoms with Crippen molar-refractivity contribution < 1.29 is 4.74 Å². The predicted octanol–water partition coefficient (Wildman–Crippen LogP) is 1.96. The van der Waals surface area contributed by atoms with E-state index in [4.69, 9.17) is 10.5 Å². The van der Waals surface area contributed by atoms with Gasteiger partial charge in [-0.05, 0) is 37.5 Å². The highest BCUT2D eigenvalue weighted by Crippen LogP contribution is 2.62. The van der Waals surface area contributed by atoms with E-state index in [1.54, 1.807) is 13.3 Å². The largest absolute Gasteiger partial charge is 0.493 e. The molecular weight excluding hydrogens is 214 g/mol. The molecule has 1 aromatic rings. The molecule has 0 aliphatic heterocycles. The van der Waals surface area contributed by atoms with E-state index in [-0.39, 0.29) is 6.04 Å². The number of nitrogens with two attached hydrogens (primary N) is 1. The normalized spacial score (nSPS) is 32.3. The standard InChI is InChI=1S/C13H21N3O/c1-3-16-13(10(17-2)7-15-16)12(14)11-8-5-4-6-9(8)11/h7-9,11-12H,3-6,14H2,1-2H3. The molecule has 1 heterocycles. The van der Waals surface area contributed by atoms with Gasteiger partial charge in [-0.1, -0.05) is 6.42 Å². The van der Waals surface area contributed by atoms with Gasteiger partial charge in [-0.3, -0.25) is 4.68 Å². The van der Waals surface area contributed by atoms with Crippen molar-refractivity contribution in [2.75, 3.05) is 7.11 Å². The van der Waals surface area contributed by atoms with Crippen molar-refractivity contribution in [3.05, 3.63) is 11.9 Å². The second-order valence-corrected chi connectivity index (χ2v) is 5.28. The van der Waals surface area contributed by atoms with Gasteiger partial charge in [0.15, 0.2) is 5.75 Å². The number of nitrogens with zero attached hydrogens (tertiary/aromatic N) is 2. The predicted molar refractivity (Wildman–Crippen MR) is 65.7 cm³/mol. The third kappa shape index (κ3) is 1.58. The molecule has 2 N–H and O–H groups in total. The minimum atomic E-state index is 0.0997. The van der Waals surface area contributed by atoms with Crippen molar-refractivity contribution in [2.45, 2.75) is 38.8 Å². The number of methoxy groups -OCH3 is 1. The summed E-state index contributed by atoms with van der Waals surface area (Å²) in [6.45, 7) is 2.95. The van der Waals surface area contributed by atoms with Crippen LogP contribution in [0.2, 0.25) is 0 Å². The van der Waals surface area contributed by atoms with Crippen LogP contribution in [0.4, 0.5) is 0 Å². The van der Waals surface area contributed by atoms with Crippen LogP contribution in [0, 0.1) is 17.8 Å². The van der Waals surface area contributed by atoms with Gasteiger partial charge in [-0.2, -0.15) is 5.10 Å². The van der Waals surface area contributed by atoms with E-state index in [2.05, 4.69) is 12.0 Å². The number of ether oxygens (including phenoxy) is 1. The Morgan fingerprint density at radius 2 is 2.24 bits per heavy atom. The van der Waals surface area contributed by atoms with Crippen molar-refractivity contribution in [2.24, 2.45) is 23.5 Å². The molecule has 2 saturated carbocycles. The average molecular weight is 235 g/mol. The molecule has 3 unspecified atom stereocenters. The lowest BCUT2D eigenvalue weighted by molar-refractivity contribution is 0.389. The SMILES string of the molecule is CCn1ncc(OC)c1C(N)C1C2CCCC21. The number of hydrogen-bond donors (Lipinski definition) is 1. The topological polar surface area (TPSA) is 53.1 Å². The van der Waals surface area contributed by atoms with Crippen LogP contribution in [-0.2, 0) is 6.54 Å². The fourth-order valence-corrected chi connectivity index (χ4v) is 3.72. The number of aromatic nitrogens is 2. The van der Waals surface area contributed by atoms with Crippen LogP contribution in [-0.4, -0.2) is 16.9 Å². The van der Waals surface area contributed by atoms with E-state index in [0.29, 0.717) is 5.92 Å². The van der Waals surface area contributed by atoms with Crippen LogP contribution >= 0.6 is 0 Å². The summed E-state index contributed by atoms with van der Waals surface area (Å²) in [6, 6.07) is 0.0997. The van der Waals surface area contributed by atoms with Crippen molar-refractivity contribution in [3.8, 4) is 5.75 Å². The molecule has 94 valence electrons. The van der Waals surface area contributed by atoms with Crippen LogP contribution in [0.1, 0.15) is 37.9 Å². The third-order valence-corrected chi connectivity index (χ3v) is 4.57. The Labute approximate surface area is 102 Å². The van der Waals surface area contributed by atoms with Crippen LogP contribution in [0.25, 0.3) is 0 Å². The van der Waals surface area contributed by atoms with Crippen molar-refractivity contribution >= 4 is 0 Å². The third-order valence-electron chi connectivity index (χ3n) is 4.57. The first-order chi connectivity index (χ1) is 8.27. The molecule has 0 spiro atoms. The van der Waals surface area contributed by atoms with Gasteiger partial charge in [0, 0.05) is 6.54 Å². The molecule has 0 bridgehead atoms. The van der Waals surface area contributed by atoms with E-state index >= 15 is 0 Å². The minimum absolute atomic E-state index is 0.0997. The molecule has 1 aromatic heterocycles. The number of fused-ring (bicyclic) bond motifs is 1. The first-order valence-corrected chi connectivity index (χ1v) is 6.63. The fraction of sp³-hybridized carbons (Fsp3) is 0.769. The first kappa shape index (κ1) is 11.1. The molecule has 3 atom stereocenters. The number of hydrogen-bond acceptors (Lipinski definition) is 3. The zero-order valence-corrected chi connectivity index (χ0v) is 10.6. The summed E-state index contributed by atoms with van der Waals surface area (Å²) < 4.78 is 7.37. The molecule has 0 aromatic carbocycles. The van der Waals surface area contributed by atoms with Crippen molar-refractivity contribution in [1.29, 1.82) is 0 Å². The molecular formula is C13H21N3O. The average Bonchev–Trinajstić information content (AvgIpc) is 2.75. The lowest BCUT2D eigenvalue weighted by Gasteiger charge is -2.16. The van der Waals surface area contributed by atoms with E-state index < -0.39 is 0 Å². The summed E-state index contributed by atoms with van der Waals surface area (Å²) >= 11 is 0. The smallest absolute Gasteiger partial charge is 0.161 e. The van der Waals surface area contributed by atoms with Gasteiger partial charge in [0.25, 0.3) is 0 Å². The molecule has 3 rings (SSSR count). The summed E-state index contributed by atoms with van der Waals surface area (Å²) in [5.41, 5.74) is 7.54. The maximum absolute atomic E-state index is 6.45. The lowest BCUT2D eigenvalue weighted by atomic mass is 10.0. The molecule has 0 amide bonds. The van der Waals surface area contributed by atoms with E-state index in [0.717, 1.165) is 29.8 Å². The molecule has 17 heavy (non-hydrogen) atoms. The molecule has 0 saturated heterocycles. The zero-order valence-electron chi connectivity index (χ0n) is 10.6. The number of aryl methyl sites for hydroxylation is 1. The Bertz CT molecular complexity index is 383. The highest BCUT2D eigenvalue weighted by atomic mass is 16.5. The van der Waals surface area contributed by atoms with Gasteiger partial charge >= 0.3 is 0 Å². The van der Waals surface area contributed by atoms with Crippen LogP contribution in [0.15, 0.2) is 6.20 Å². The van der Waals surface area contributed by atoms with Crippen LogP contribution < -0.4 is 10.5 Å². The quantitative estimate of drug-likeness (QED) is 0.868. The monoisotopic (exact) mass is 235 g/mol. The summed E-state index contributed by atoms with van der Waals surface area (Å²) in [6.07, 6.45) is 5.91. The van der Waals surface area contributed by atoms with Crippen molar-refractivity contribution in [3.63, 3.8) is 0 Å². The molecule has 2 fully saturated rings. The van der Waals surface area contributed by atoms with Gasteiger partial charge in [0.2, 0.25) is 0 Å². The van der Waals surface area contributed by atoms with Crippen LogP contribution in [0.5, 0.6) is 5.75 Å². The van der Waals surface area contributed by atoms with Gasteiger partial charge in [0.05, 0.1) is 25.0 Å². The van der Waals surface area contributed by atoms with Crippen LogP contribution in [0.3, 0.4) is 0 Å². The zero-order chi connectivity index (χ0) is 12.0. The fourth-order valence-electron chi connectivity index (χ4n) is 3.72. The summed E-state index contributed by atoms with van der Waals surface area (Å²) in [4.78, 5) is 0. The minimum Gasteiger partial charge on any atom is -0.493 e. The second kappa shape index (κ2) is 4.02. The van der Waals surface area contributed by atoms with E-state index in [9.17, 15) is 0 Å². The second-order valence-electron chi connectivity index (χ2n) is 5.28. The Kier molecular flexibility index (Phi) is 2.62. The van der Waals surface area contributed by atoms with Crippen molar-refractivity contribution in [1.82, 2.24) is 9.78 Å². The maximum atomic E-state index is 6.45. The van der Waals surface area contributed by atoms with Gasteiger partial charge < -0.3 is 10.5 Å². The molecule has 2 aliphatic carbocycles. The summed E-state index contributed by atoms with van der Waals surface area (Å²) in [7, 11) is 1.70. The van der Waals surface area contributed by atoms with Gasteiger partial charge in [-0.25, -0.2) is 0 Å². The highest BCUT2D eigenvalue weighted by molar-refractivity contribution is 5.30. The first-order valence-electron chi connectivity index (χ1n) is 6.63. The summed E-state index contributed by atoms with van der Waals surface area (Å²) in [5, 5.41) is 4.34. The van der Waals surface area contributed by atoms with E-state index in [1.165, 1.54) is 19.3 Å². The molecule has 0 radical (unpaired) electrons. The Hall–Kier alpha value is -1.03. The summed E-state index contributed by atoms with van der Waals surface area (Å²) in [5.74, 6) is 3.26. The highest BCUT2D eigenvalue weighted by Gasteiger charge is 2.56. The Balaban J connectivity index is 1.85. The Morgan fingerprint density at radius 1 is 1.53 bits per heavy atom.